The van der Waals surface area contributed by atoms with Crippen molar-refractivity contribution in [1.82, 2.24) is 14.9 Å². The summed E-state index contributed by atoms with van der Waals surface area (Å²) in [7, 11) is 0. The van der Waals surface area contributed by atoms with E-state index in [1.807, 2.05) is 20.8 Å². The zero-order valence-corrected chi connectivity index (χ0v) is 15.9. The number of benzene rings is 1. The lowest BCUT2D eigenvalue weighted by Gasteiger charge is -2.35. The summed E-state index contributed by atoms with van der Waals surface area (Å²) in [5.41, 5.74) is 0.839. The number of amides is 2. The van der Waals surface area contributed by atoms with Gasteiger partial charge in [-0.05, 0) is 58.2 Å². The van der Waals surface area contributed by atoms with Crippen LogP contribution < -0.4 is 5.32 Å². The second kappa shape index (κ2) is 7.15. The van der Waals surface area contributed by atoms with Crippen molar-refractivity contribution in [2.75, 3.05) is 11.9 Å². The Morgan fingerprint density at radius 2 is 2.12 bits per heavy atom. The van der Waals surface area contributed by atoms with Gasteiger partial charge in [0.15, 0.2) is 0 Å². The van der Waals surface area contributed by atoms with Crippen LogP contribution in [0.4, 0.5) is 10.7 Å². The largest absolute Gasteiger partial charge is 0.444 e. The van der Waals surface area contributed by atoms with Gasteiger partial charge in [0.2, 0.25) is 11.9 Å². The molecule has 1 aromatic carbocycles. The summed E-state index contributed by atoms with van der Waals surface area (Å²) in [5, 5.41) is 3.36. The fraction of sp³-hybridized carbons (Fsp3) is 0.500. The van der Waals surface area contributed by atoms with Crippen LogP contribution in [-0.2, 0) is 9.53 Å². The number of ether oxygens (including phenoxy) is 1. The lowest BCUT2D eigenvalue weighted by atomic mass is 10.0. The Bertz CT molecular complexity index is 827. The van der Waals surface area contributed by atoms with Crippen molar-refractivity contribution in [3.05, 3.63) is 23.2 Å². The number of rotatable bonds is 2. The number of hydrogen-bond acceptors (Lipinski definition) is 4. The summed E-state index contributed by atoms with van der Waals surface area (Å²) in [6, 6.07) is 4.68. The number of carbonyl (C=O) groups excluding carboxylic acids is 2. The van der Waals surface area contributed by atoms with Crippen LogP contribution in [0.1, 0.15) is 40.0 Å². The summed E-state index contributed by atoms with van der Waals surface area (Å²) in [6.45, 7) is 5.93. The zero-order valence-electron chi connectivity index (χ0n) is 15.1. The van der Waals surface area contributed by atoms with Crippen molar-refractivity contribution >= 4 is 40.6 Å². The molecule has 0 bridgehead atoms. The molecule has 2 aromatic rings. The monoisotopic (exact) mass is 378 g/mol. The maximum Gasteiger partial charge on any atom is 0.410 e. The van der Waals surface area contributed by atoms with Crippen molar-refractivity contribution < 1.29 is 14.3 Å². The summed E-state index contributed by atoms with van der Waals surface area (Å²) in [5.74, 6) is 0.0580. The van der Waals surface area contributed by atoms with E-state index in [9.17, 15) is 9.59 Å². The van der Waals surface area contributed by atoms with E-state index in [1.165, 1.54) is 4.90 Å². The maximum absolute atomic E-state index is 12.7. The number of piperidine rings is 1. The first kappa shape index (κ1) is 18.5. The number of anilines is 1. The molecular weight excluding hydrogens is 356 g/mol. The van der Waals surface area contributed by atoms with Gasteiger partial charge < -0.3 is 9.72 Å². The third kappa shape index (κ3) is 4.27. The number of aromatic nitrogens is 2. The number of carbonyl (C=O) groups is 2. The lowest BCUT2D eigenvalue weighted by Crippen LogP contribution is -2.51. The molecule has 140 valence electrons. The number of imidazole rings is 1. The van der Waals surface area contributed by atoms with E-state index in [0.717, 1.165) is 18.4 Å². The Labute approximate surface area is 157 Å². The van der Waals surface area contributed by atoms with Gasteiger partial charge in [0.25, 0.3) is 0 Å². The molecule has 1 fully saturated rings. The molecule has 0 radical (unpaired) electrons. The average Bonchev–Trinajstić information content (AvgIpc) is 2.94. The van der Waals surface area contributed by atoms with Gasteiger partial charge in [-0.2, -0.15) is 0 Å². The Hall–Kier alpha value is -2.28. The molecule has 0 saturated carbocycles. The van der Waals surface area contributed by atoms with Gasteiger partial charge in [0, 0.05) is 11.6 Å². The molecule has 2 N–H and O–H groups in total. The topological polar surface area (TPSA) is 87.3 Å². The Morgan fingerprint density at radius 3 is 2.85 bits per heavy atom. The summed E-state index contributed by atoms with van der Waals surface area (Å²) in [6.07, 6.45) is 1.87. The highest BCUT2D eigenvalue weighted by molar-refractivity contribution is 6.31. The van der Waals surface area contributed by atoms with E-state index >= 15 is 0 Å². The molecule has 1 atom stereocenters. The van der Waals surface area contributed by atoms with Gasteiger partial charge >= 0.3 is 6.09 Å². The molecule has 1 saturated heterocycles. The predicted octanol–water partition coefficient (Wildman–Crippen LogP) is 3.94. The highest BCUT2D eigenvalue weighted by Gasteiger charge is 2.35. The zero-order chi connectivity index (χ0) is 18.9. The number of nitrogens with one attached hydrogen (secondary N) is 2. The molecule has 1 aliphatic rings. The number of likely N-dealkylation sites (tertiary alicyclic amines) is 1. The minimum atomic E-state index is -0.604. The summed E-state index contributed by atoms with van der Waals surface area (Å²) >= 11 is 5.97. The fourth-order valence-electron chi connectivity index (χ4n) is 2.98. The first-order valence-corrected chi connectivity index (χ1v) is 9.06. The van der Waals surface area contributed by atoms with Gasteiger partial charge in [-0.15, -0.1) is 0 Å². The molecule has 26 heavy (non-hydrogen) atoms. The van der Waals surface area contributed by atoms with Crippen LogP contribution in [0.25, 0.3) is 11.0 Å². The van der Waals surface area contributed by atoms with Crippen LogP contribution in [-0.4, -0.2) is 45.1 Å². The minimum Gasteiger partial charge on any atom is -0.444 e. The van der Waals surface area contributed by atoms with Crippen LogP contribution in [0.15, 0.2) is 18.2 Å². The van der Waals surface area contributed by atoms with Crippen LogP contribution in [0, 0.1) is 0 Å². The maximum atomic E-state index is 12.7. The molecule has 0 unspecified atom stereocenters. The highest BCUT2D eigenvalue weighted by atomic mass is 35.5. The minimum absolute atomic E-state index is 0.277. The van der Waals surface area contributed by atoms with Gasteiger partial charge in [0.1, 0.15) is 11.6 Å². The second-order valence-electron chi connectivity index (χ2n) is 7.42. The molecule has 1 aromatic heterocycles. The van der Waals surface area contributed by atoms with Crippen LogP contribution >= 0.6 is 11.6 Å². The summed E-state index contributed by atoms with van der Waals surface area (Å²) in [4.78, 5) is 34.1. The molecule has 2 amide bonds. The Kier molecular flexibility index (Phi) is 5.09. The van der Waals surface area contributed by atoms with Crippen molar-refractivity contribution in [3.8, 4) is 0 Å². The average molecular weight is 379 g/mol. The first-order chi connectivity index (χ1) is 12.2. The van der Waals surface area contributed by atoms with E-state index in [2.05, 4.69) is 15.3 Å². The third-order valence-corrected chi connectivity index (χ3v) is 4.35. The first-order valence-electron chi connectivity index (χ1n) is 8.69. The van der Waals surface area contributed by atoms with Crippen LogP contribution in [0.2, 0.25) is 5.02 Å². The quantitative estimate of drug-likeness (QED) is 0.828. The highest BCUT2D eigenvalue weighted by Crippen LogP contribution is 2.23. The van der Waals surface area contributed by atoms with Crippen molar-refractivity contribution in [2.45, 2.75) is 51.7 Å². The number of nitrogens with zero attached hydrogens (tertiary/aromatic N) is 2. The van der Waals surface area contributed by atoms with E-state index < -0.39 is 17.7 Å². The number of fused-ring (bicyclic) bond motifs is 1. The number of H-pyrrole nitrogens is 1. The predicted molar refractivity (Wildman–Crippen MR) is 100 cm³/mol. The normalized spacial score (nSPS) is 18.0. The van der Waals surface area contributed by atoms with Crippen molar-refractivity contribution in [1.29, 1.82) is 0 Å². The van der Waals surface area contributed by atoms with Gasteiger partial charge in [-0.1, -0.05) is 11.6 Å². The number of hydrogen-bond donors (Lipinski definition) is 2. The molecule has 1 aliphatic heterocycles. The smallest absolute Gasteiger partial charge is 0.410 e. The molecular formula is C18H23ClN4O3. The summed E-state index contributed by atoms with van der Waals surface area (Å²) < 4.78 is 5.44. The fourth-order valence-corrected chi connectivity index (χ4v) is 3.16. The Balaban J connectivity index is 1.74. The molecule has 3 rings (SSSR count). The van der Waals surface area contributed by atoms with Gasteiger partial charge in [-0.25, -0.2) is 9.78 Å². The van der Waals surface area contributed by atoms with E-state index in [4.69, 9.17) is 16.3 Å². The molecule has 0 aliphatic carbocycles. The molecule has 7 nitrogen and oxygen atoms in total. The number of halogens is 1. The SMILES string of the molecule is CC(C)(C)OC(=O)N1CCCC[C@H]1C(=O)Nc1nc2ccc(Cl)cc2[nH]1. The van der Waals surface area contributed by atoms with Crippen LogP contribution in [0.5, 0.6) is 0 Å². The van der Waals surface area contributed by atoms with Gasteiger partial charge in [-0.3, -0.25) is 15.0 Å². The molecule has 0 spiro atoms. The molecule has 8 heteroatoms. The van der Waals surface area contributed by atoms with Gasteiger partial charge in [0.05, 0.1) is 11.0 Å². The lowest BCUT2D eigenvalue weighted by molar-refractivity contribution is -0.122. The second-order valence-corrected chi connectivity index (χ2v) is 7.86. The molecule has 2 heterocycles. The van der Waals surface area contributed by atoms with E-state index in [-0.39, 0.29) is 5.91 Å². The standard InChI is InChI=1S/C18H23ClN4O3/c1-18(2,3)26-17(25)23-9-5-4-6-14(23)15(24)22-16-20-12-8-7-11(19)10-13(12)21-16/h7-8,10,14H,4-6,9H2,1-3H3,(H2,20,21,22,24)/t14-/m0/s1. The van der Waals surface area contributed by atoms with E-state index in [1.54, 1.807) is 18.2 Å². The Morgan fingerprint density at radius 1 is 1.35 bits per heavy atom. The third-order valence-electron chi connectivity index (χ3n) is 4.12. The van der Waals surface area contributed by atoms with E-state index in [0.29, 0.717) is 29.5 Å². The van der Waals surface area contributed by atoms with Crippen molar-refractivity contribution in [3.63, 3.8) is 0 Å². The number of aromatic amines is 1. The van der Waals surface area contributed by atoms with Crippen molar-refractivity contribution in [2.24, 2.45) is 0 Å². The van der Waals surface area contributed by atoms with Crippen LogP contribution in [0.3, 0.4) is 0 Å².